The molecule has 2 N–H and O–H groups in total. The number of hydrogen-bond acceptors (Lipinski definition) is 2. The highest BCUT2D eigenvalue weighted by Crippen LogP contribution is 2.15. The molecule has 0 heterocycles. The first-order chi connectivity index (χ1) is 9.81. The first kappa shape index (κ1) is 14.4. The molecule has 0 aromatic heterocycles. The Bertz CT molecular complexity index is 489. The Balaban J connectivity index is 2.01. The summed E-state index contributed by atoms with van der Waals surface area (Å²) in [4.78, 5) is 0. The number of nitrogens with two attached hydrogens (primary N) is 1. The van der Waals surface area contributed by atoms with Crippen molar-refractivity contribution in [3.8, 4) is 5.75 Å². The van der Waals surface area contributed by atoms with Crippen LogP contribution in [0.15, 0.2) is 48.5 Å². The van der Waals surface area contributed by atoms with Gasteiger partial charge in [-0.05, 0) is 48.7 Å². The minimum Gasteiger partial charge on any atom is -0.494 e. The first-order valence-electron chi connectivity index (χ1n) is 7.02. The summed E-state index contributed by atoms with van der Waals surface area (Å²) in [5.74, 6) is 0.913. The van der Waals surface area contributed by atoms with Crippen molar-refractivity contribution in [1.29, 1.82) is 0 Å². The zero-order valence-corrected chi connectivity index (χ0v) is 11.9. The zero-order valence-electron chi connectivity index (χ0n) is 11.9. The molecule has 0 bridgehead atoms. The van der Waals surface area contributed by atoms with Gasteiger partial charge in [0.15, 0.2) is 0 Å². The van der Waals surface area contributed by atoms with Gasteiger partial charge in [-0.3, -0.25) is 0 Å². The molecular weight excluding hydrogens is 246 g/mol. The Labute approximate surface area is 120 Å². The van der Waals surface area contributed by atoms with E-state index in [-0.39, 0.29) is 0 Å². The number of hydrogen-bond donors (Lipinski definition) is 1. The Kier molecular flexibility index (Phi) is 5.39. The lowest BCUT2D eigenvalue weighted by Crippen LogP contribution is -2.02. The molecule has 0 atom stereocenters. The molecule has 0 aliphatic heterocycles. The lowest BCUT2D eigenvalue weighted by atomic mass is 10.1. The van der Waals surface area contributed by atoms with Crippen molar-refractivity contribution in [3.05, 3.63) is 65.2 Å². The minimum absolute atomic E-state index is 0.696. The van der Waals surface area contributed by atoms with Gasteiger partial charge in [-0.1, -0.05) is 48.6 Å². The van der Waals surface area contributed by atoms with Gasteiger partial charge >= 0.3 is 0 Å². The van der Waals surface area contributed by atoms with Gasteiger partial charge < -0.3 is 10.5 Å². The van der Waals surface area contributed by atoms with Crippen LogP contribution in [-0.2, 0) is 6.42 Å². The fourth-order valence-corrected chi connectivity index (χ4v) is 2.00. The summed E-state index contributed by atoms with van der Waals surface area (Å²) >= 11 is 0. The van der Waals surface area contributed by atoms with E-state index in [4.69, 9.17) is 10.5 Å². The standard InChI is InChI=1S/C18H21NO/c1-2-20-18-11-9-16(10-12-18)4-3-15-5-7-17(8-6-15)13-14-19/h3-12H,2,13-14,19H2,1H3/b4-3+. The van der Waals surface area contributed by atoms with E-state index in [2.05, 4.69) is 48.6 Å². The van der Waals surface area contributed by atoms with Gasteiger partial charge in [-0.25, -0.2) is 0 Å². The zero-order chi connectivity index (χ0) is 14.2. The molecule has 2 nitrogen and oxygen atoms in total. The number of benzene rings is 2. The maximum Gasteiger partial charge on any atom is 0.119 e. The molecule has 104 valence electrons. The molecule has 2 rings (SSSR count). The molecule has 0 spiro atoms. The molecule has 0 amide bonds. The Hall–Kier alpha value is -2.06. The van der Waals surface area contributed by atoms with Crippen LogP contribution in [0.3, 0.4) is 0 Å². The van der Waals surface area contributed by atoms with Crippen LogP contribution < -0.4 is 10.5 Å². The maximum absolute atomic E-state index is 5.54. The van der Waals surface area contributed by atoms with Gasteiger partial charge in [0.25, 0.3) is 0 Å². The monoisotopic (exact) mass is 267 g/mol. The second-order valence-electron chi connectivity index (χ2n) is 4.62. The number of rotatable bonds is 6. The van der Waals surface area contributed by atoms with Gasteiger partial charge in [0.1, 0.15) is 5.75 Å². The van der Waals surface area contributed by atoms with Crippen molar-refractivity contribution >= 4 is 12.2 Å². The molecule has 2 heteroatoms. The van der Waals surface area contributed by atoms with Gasteiger partial charge in [-0.2, -0.15) is 0 Å². The SMILES string of the molecule is CCOc1ccc(/C=C/c2ccc(CCN)cc2)cc1. The maximum atomic E-state index is 5.54. The lowest BCUT2D eigenvalue weighted by molar-refractivity contribution is 0.340. The molecule has 2 aromatic carbocycles. The normalized spacial score (nSPS) is 10.9. The second kappa shape index (κ2) is 7.51. The second-order valence-corrected chi connectivity index (χ2v) is 4.62. The third-order valence-corrected chi connectivity index (χ3v) is 3.07. The van der Waals surface area contributed by atoms with Crippen molar-refractivity contribution in [2.24, 2.45) is 5.73 Å². The predicted molar refractivity (Wildman–Crippen MR) is 85.7 cm³/mol. The lowest BCUT2D eigenvalue weighted by Gasteiger charge is -2.02. The summed E-state index contributed by atoms with van der Waals surface area (Å²) in [5.41, 5.74) is 9.19. The van der Waals surface area contributed by atoms with E-state index in [0.717, 1.165) is 12.2 Å². The van der Waals surface area contributed by atoms with Crippen LogP contribution in [0.4, 0.5) is 0 Å². The van der Waals surface area contributed by atoms with E-state index in [1.807, 2.05) is 19.1 Å². The average Bonchev–Trinajstić information content (AvgIpc) is 2.49. The molecule has 0 saturated carbocycles. The molecule has 2 aromatic rings. The molecular formula is C18H21NO. The van der Waals surface area contributed by atoms with Crippen LogP contribution in [0.1, 0.15) is 23.6 Å². The van der Waals surface area contributed by atoms with Gasteiger partial charge in [0, 0.05) is 0 Å². The van der Waals surface area contributed by atoms with E-state index >= 15 is 0 Å². The van der Waals surface area contributed by atoms with E-state index < -0.39 is 0 Å². The van der Waals surface area contributed by atoms with Crippen molar-refractivity contribution < 1.29 is 4.74 Å². The largest absolute Gasteiger partial charge is 0.494 e. The van der Waals surface area contributed by atoms with E-state index in [1.54, 1.807) is 0 Å². The molecule has 20 heavy (non-hydrogen) atoms. The molecule has 0 aliphatic rings. The van der Waals surface area contributed by atoms with E-state index in [0.29, 0.717) is 13.2 Å². The molecule has 0 saturated heterocycles. The summed E-state index contributed by atoms with van der Waals surface area (Å²) in [6.45, 7) is 3.38. The third-order valence-electron chi connectivity index (χ3n) is 3.07. The summed E-state index contributed by atoms with van der Waals surface area (Å²) in [6, 6.07) is 16.6. The topological polar surface area (TPSA) is 35.2 Å². The van der Waals surface area contributed by atoms with Crippen molar-refractivity contribution in [2.45, 2.75) is 13.3 Å². The number of ether oxygens (including phenoxy) is 1. The molecule has 0 unspecified atom stereocenters. The highest BCUT2D eigenvalue weighted by atomic mass is 16.5. The smallest absolute Gasteiger partial charge is 0.119 e. The Morgan fingerprint density at radius 1 is 0.900 bits per heavy atom. The highest BCUT2D eigenvalue weighted by molar-refractivity contribution is 5.69. The summed E-state index contributed by atoms with van der Waals surface area (Å²) < 4.78 is 5.43. The predicted octanol–water partition coefficient (Wildman–Crippen LogP) is 3.76. The van der Waals surface area contributed by atoms with Crippen LogP contribution in [-0.4, -0.2) is 13.2 Å². The molecule has 0 fully saturated rings. The summed E-state index contributed by atoms with van der Waals surface area (Å²) in [7, 11) is 0. The molecule has 0 radical (unpaired) electrons. The summed E-state index contributed by atoms with van der Waals surface area (Å²) in [5, 5.41) is 0. The van der Waals surface area contributed by atoms with Crippen molar-refractivity contribution in [2.75, 3.05) is 13.2 Å². The van der Waals surface area contributed by atoms with Gasteiger partial charge in [-0.15, -0.1) is 0 Å². The Morgan fingerprint density at radius 2 is 1.45 bits per heavy atom. The van der Waals surface area contributed by atoms with Crippen molar-refractivity contribution in [1.82, 2.24) is 0 Å². The van der Waals surface area contributed by atoms with Crippen LogP contribution in [0.25, 0.3) is 12.2 Å². The first-order valence-corrected chi connectivity index (χ1v) is 7.02. The van der Waals surface area contributed by atoms with Crippen molar-refractivity contribution in [3.63, 3.8) is 0 Å². The van der Waals surface area contributed by atoms with E-state index in [9.17, 15) is 0 Å². The van der Waals surface area contributed by atoms with Gasteiger partial charge in [0.05, 0.1) is 6.61 Å². The van der Waals surface area contributed by atoms with Crippen LogP contribution in [0.2, 0.25) is 0 Å². The van der Waals surface area contributed by atoms with E-state index in [1.165, 1.54) is 16.7 Å². The molecule has 0 aliphatic carbocycles. The van der Waals surface area contributed by atoms with Crippen LogP contribution in [0, 0.1) is 0 Å². The van der Waals surface area contributed by atoms with Crippen LogP contribution in [0.5, 0.6) is 5.75 Å². The fraction of sp³-hybridized carbons (Fsp3) is 0.222. The average molecular weight is 267 g/mol. The highest BCUT2D eigenvalue weighted by Gasteiger charge is 1.93. The fourth-order valence-electron chi connectivity index (χ4n) is 2.00. The minimum atomic E-state index is 0.696. The van der Waals surface area contributed by atoms with Crippen LogP contribution >= 0.6 is 0 Å². The quantitative estimate of drug-likeness (QED) is 0.809. The van der Waals surface area contributed by atoms with Gasteiger partial charge in [0.2, 0.25) is 0 Å². The Morgan fingerprint density at radius 3 is 1.95 bits per heavy atom. The summed E-state index contributed by atoms with van der Waals surface area (Å²) in [6.07, 6.45) is 5.15. The third kappa shape index (κ3) is 4.25.